The molecular formula is C16H20N2OS. The normalized spacial score (nSPS) is 10.5. The zero-order chi connectivity index (χ0) is 14.4. The first kappa shape index (κ1) is 14.8. The van der Waals surface area contributed by atoms with E-state index >= 15 is 0 Å². The molecule has 0 unspecified atom stereocenters. The number of rotatable bonds is 6. The van der Waals surface area contributed by atoms with Crippen molar-refractivity contribution < 1.29 is 4.79 Å². The minimum atomic E-state index is 0.0378. The van der Waals surface area contributed by atoms with Gasteiger partial charge in [0.2, 0.25) is 5.91 Å². The lowest BCUT2D eigenvalue weighted by Crippen LogP contribution is -2.18. The maximum atomic E-state index is 12.1. The molecule has 0 aliphatic heterocycles. The van der Waals surface area contributed by atoms with E-state index in [4.69, 9.17) is 0 Å². The smallest absolute Gasteiger partial charge is 0.229 e. The molecule has 2 aromatic rings. The van der Waals surface area contributed by atoms with Crippen LogP contribution in [0.5, 0.6) is 0 Å². The first-order valence-corrected chi connectivity index (χ1v) is 7.64. The number of hydrogen-bond donors (Lipinski definition) is 2. The van der Waals surface area contributed by atoms with Crippen LogP contribution in [0.15, 0.2) is 36.4 Å². The van der Waals surface area contributed by atoms with Crippen LogP contribution in [0.4, 0.5) is 5.69 Å². The minimum Gasteiger partial charge on any atom is -0.325 e. The molecule has 1 heterocycles. The zero-order valence-electron chi connectivity index (χ0n) is 11.9. The Morgan fingerprint density at radius 1 is 1.20 bits per heavy atom. The van der Waals surface area contributed by atoms with Crippen LogP contribution in [-0.4, -0.2) is 12.5 Å². The third kappa shape index (κ3) is 4.18. The van der Waals surface area contributed by atoms with Gasteiger partial charge in [-0.05, 0) is 37.2 Å². The number of carbonyl (C=O) groups excluding carboxylic acids is 1. The summed E-state index contributed by atoms with van der Waals surface area (Å²) in [6, 6.07) is 12.0. The van der Waals surface area contributed by atoms with Gasteiger partial charge in [-0.25, -0.2) is 0 Å². The number of thiophene rings is 1. The van der Waals surface area contributed by atoms with Gasteiger partial charge in [0.05, 0.1) is 6.42 Å². The van der Waals surface area contributed by atoms with Crippen molar-refractivity contribution in [3.8, 4) is 0 Å². The van der Waals surface area contributed by atoms with Crippen molar-refractivity contribution in [2.24, 2.45) is 0 Å². The summed E-state index contributed by atoms with van der Waals surface area (Å²) in [5.41, 5.74) is 2.01. The highest BCUT2D eigenvalue weighted by molar-refractivity contribution is 7.12. The second kappa shape index (κ2) is 7.22. The zero-order valence-corrected chi connectivity index (χ0v) is 12.7. The molecule has 1 aromatic heterocycles. The van der Waals surface area contributed by atoms with E-state index in [1.807, 2.05) is 36.4 Å². The van der Waals surface area contributed by atoms with E-state index in [1.165, 1.54) is 4.88 Å². The Hall–Kier alpha value is -1.65. The van der Waals surface area contributed by atoms with Gasteiger partial charge >= 0.3 is 0 Å². The Morgan fingerprint density at radius 3 is 2.70 bits per heavy atom. The number of aryl methyl sites for hydroxylation is 1. The number of amides is 1. The van der Waals surface area contributed by atoms with E-state index in [-0.39, 0.29) is 5.91 Å². The molecule has 0 aliphatic rings. The van der Waals surface area contributed by atoms with Crippen LogP contribution >= 0.6 is 11.3 Å². The number of carbonyl (C=O) groups is 1. The molecule has 20 heavy (non-hydrogen) atoms. The molecule has 106 valence electrons. The van der Waals surface area contributed by atoms with Gasteiger partial charge in [-0.3, -0.25) is 4.79 Å². The van der Waals surface area contributed by atoms with Crippen LogP contribution in [0.25, 0.3) is 0 Å². The molecule has 2 N–H and O–H groups in total. The molecule has 0 saturated carbocycles. The van der Waals surface area contributed by atoms with Crippen LogP contribution in [0.1, 0.15) is 22.2 Å². The van der Waals surface area contributed by atoms with Gasteiger partial charge < -0.3 is 10.6 Å². The first-order valence-electron chi connectivity index (χ1n) is 6.83. The van der Waals surface area contributed by atoms with E-state index in [0.717, 1.165) is 29.2 Å². The fourth-order valence-corrected chi connectivity index (χ4v) is 2.88. The summed E-state index contributed by atoms with van der Waals surface area (Å²) in [6.45, 7) is 5.81. The highest BCUT2D eigenvalue weighted by Crippen LogP contribution is 2.18. The second-order valence-electron chi connectivity index (χ2n) is 4.67. The highest BCUT2D eigenvalue weighted by atomic mass is 32.1. The minimum absolute atomic E-state index is 0.0378. The van der Waals surface area contributed by atoms with Crippen LogP contribution < -0.4 is 10.6 Å². The third-order valence-electron chi connectivity index (χ3n) is 2.99. The molecule has 0 radical (unpaired) electrons. The topological polar surface area (TPSA) is 41.1 Å². The molecule has 0 bridgehead atoms. The van der Waals surface area contributed by atoms with E-state index in [0.29, 0.717) is 6.42 Å². The summed E-state index contributed by atoms with van der Waals surface area (Å²) < 4.78 is 0. The standard InChI is InChI=1S/C16H20N2OS/c1-3-17-11-13-6-4-5-7-15(13)18-16(19)10-14-9-8-12(2)20-14/h4-9,17H,3,10-11H2,1-2H3,(H,18,19). The molecule has 1 amide bonds. The van der Waals surface area contributed by atoms with Crippen molar-refractivity contribution in [1.82, 2.24) is 5.32 Å². The molecule has 2 rings (SSSR count). The lowest BCUT2D eigenvalue weighted by atomic mass is 10.1. The average molecular weight is 288 g/mol. The fraction of sp³-hybridized carbons (Fsp3) is 0.312. The molecule has 0 atom stereocenters. The highest BCUT2D eigenvalue weighted by Gasteiger charge is 2.08. The predicted octanol–water partition coefficient (Wildman–Crippen LogP) is 3.35. The van der Waals surface area contributed by atoms with E-state index in [2.05, 4.69) is 24.5 Å². The molecule has 0 saturated heterocycles. The van der Waals surface area contributed by atoms with Crippen molar-refractivity contribution in [1.29, 1.82) is 0 Å². The van der Waals surface area contributed by atoms with Gasteiger partial charge in [-0.15, -0.1) is 11.3 Å². The number of nitrogens with one attached hydrogen (secondary N) is 2. The van der Waals surface area contributed by atoms with Crippen LogP contribution in [0.3, 0.4) is 0 Å². The van der Waals surface area contributed by atoms with Gasteiger partial charge in [0.1, 0.15) is 0 Å². The summed E-state index contributed by atoms with van der Waals surface area (Å²) in [7, 11) is 0. The largest absolute Gasteiger partial charge is 0.325 e. The summed E-state index contributed by atoms with van der Waals surface area (Å²) >= 11 is 1.67. The molecule has 0 fully saturated rings. The van der Waals surface area contributed by atoms with Crippen molar-refractivity contribution in [2.75, 3.05) is 11.9 Å². The predicted molar refractivity (Wildman–Crippen MR) is 85.2 cm³/mol. The van der Waals surface area contributed by atoms with Crippen molar-refractivity contribution in [3.63, 3.8) is 0 Å². The Morgan fingerprint density at radius 2 is 2.00 bits per heavy atom. The average Bonchev–Trinajstić information content (AvgIpc) is 2.83. The van der Waals surface area contributed by atoms with Crippen LogP contribution in [-0.2, 0) is 17.8 Å². The van der Waals surface area contributed by atoms with Gasteiger partial charge in [0, 0.05) is 22.0 Å². The second-order valence-corrected chi connectivity index (χ2v) is 6.05. The molecule has 0 spiro atoms. The molecular weight excluding hydrogens is 268 g/mol. The maximum Gasteiger partial charge on any atom is 0.229 e. The summed E-state index contributed by atoms with van der Waals surface area (Å²) in [5.74, 6) is 0.0378. The van der Waals surface area contributed by atoms with E-state index in [1.54, 1.807) is 11.3 Å². The van der Waals surface area contributed by atoms with Crippen molar-refractivity contribution in [2.45, 2.75) is 26.8 Å². The summed E-state index contributed by atoms with van der Waals surface area (Å²) in [5, 5.41) is 6.29. The van der Waals surface area contributed by atoms with Gasteiger partial charge in [-0.1, -0.05) is 25.1 Å². The summed E-state index contributed by atoms with van der Waals surface area (Å²) in [4.78, 5) is 14.4. The monoisotopic (exact) mass is 288 g/mol. The van der Waals surface area contributed by atoms with Crippen LogP contribution in [0, 0.1) is 6.92 Å². The van der Waals surface area contributed by atoms with Crippen molar-refractivity contribution >= 4 is 22.9 Å². The maximum absolute atomic E-state index is 12.1. The van der Waals surface area contributed by atoms with Gasteiger partial charge in [0.25, 0.3) is 0 Å². The Labute approximate surface area is 124 Å². The third-order valence-corrected chi connectivity index (χ3v) is 3.99. The van der Waals surface area contributed by atoms with Gasteiger partial charge in [0.15, 0.2) is 0 Å². The Balaban J connectivity index is 2.00. The van der Waals surface area contributed by atoms with Crippen molar-refractivity contribution in [3.05, 3.63) is 51.7 Å². The Kier molecular flexibility index (Phi) is 5.32. The molecule has 3 nitrogen and oxygen atoms in total. The molecule has 1 aromatic carbocycles. The van der Waals surface area contributed by atoms with Gasteiger partial charge in [-0.2, -0.15) is 0 Å². The molecule has 4 heteroatoms. The Bertz CT molecular complexity index is 577. The summed E-state index contributed by atoms with van der Waals surface area (Å²) in [6.07, 6.45) is 0.439. The number of anilines is 1. The van der Waals surface area contributed by atoms with E-state index in [9.17, 15) is 4.79 Å². The lowest BCUT2D eigenvalue weighted by molar-refractivity contribution is -0.115. The SMILES string of the molecule is CCNCc1ccccc1NC(=O)Cc1ccc(C)s1. The lowest BCUT2D eigenvalue weighted by Gasteiger charge is -2.11. The first-order chi connectivity index (χ1) is 9.69. The van der Waals surface area contributed by atoms with E-state index < -0.39 is 0 Å². The number of para-hydroxylation sites is 1. The fourth-order valence-electron chi connectivity index (χ4n) is 1.99. The van der Waals surface area contributed by atoms with Crippen LogP contribution in [0.2, 0.25) is 0 Å². The number of hydrogen-bond acceptors (Lipinski definition) is 3. The molecule has 0 aliphatic carbocycles. The quantitative estimate of drug-likeness (QED) is 0.856. The number of benzene rings is 1.